The minimum absolute atomic E-state index is 0. The molecule has 0 aliphatic carbocycles. The first-order chi connectivity index (χ1) is 4.65. The van der Waals surface area contributed by atoms with Crippen LogP contribution in [0.3, 0.4) is 0 Å². The number of nitrogens with zero attached hydrogens (tertiary/aromatic N) is 1. The first-order valence-corrected chi connectivity index (χ1v) is 7.56. The predicted molar refractivity (Wildman–Crippen MR) is 57.2 cm³/mol. The Hall–Kier alpha value is 1.26. The Balaban J connectivity index is 0. The van der Waals surface area contributed by atoms with Crippen molar-refractivity contribution in [2.24, 2.45) is 0 Å². The topological polar surface area (TPSA) is 3.24 Å². The highest BCUT2D eigenvalue weighted by Crippen LogP contribution is 2.50. The largest absolute Gasteiger partial charge is 1.00 e. The zero-order valence-corrected chi connectivity index (χ0v) is 11.4. The molecule has 0 N–H and O–H groups in total. The van der Waals surface area contributed by atoms with E-state index in [-0.39, 0.29) is 17.9 Å². The van der Waals surface area contributed by atoms with Crippen LogP contribution in [0.15, 0.2) is 0 Å². The minimum atomic E-state index is -0.802. The van der Waals surface area contributed by atoms with Gasteiger partial charge in [0.25, 0.3) is 0 Å². The molecule has 12 heavy (non-hydrogen) atoms. The van der Waals surface area contributed by atoms with Gasteiger partial charge in [0.1, 0.15) is 0 Å². The molecule has 0 aliphatic rings. The van der Waals surface area contributed by atoms with Crippen molar-refractivity contribution in [1.82, 2.24) is 3.94 Å². The Bertz CT molecular complexity index is 131. The maximum Gasteiger partial charge on any atom is 0.0803 e. The van der Waals surface area contributed by atoms with E-state index in [0.29, 0.717) is 0 Å². The zero-order valence-electron chi connectivity index (χ0n) is 8.24. The normalized spacial score (nSPS) is 13.0. The Kier molecular flexibility index (Phi) is 6.84. The maximum atomic E-state index is 5.69. The standard InChI is InChI=1S/C7H17Cl2NP.ClH/c1-7(2,10(8)9)6-11(3,4)5;/h6H2,1-5H3;1H/q+1;/p-1. The fourth-order valence-electron chi connectivity index (χ4n) is 1.21. The number of hydrogen-bond donors (Lipinski definition) is 0. The summed E-state index contributed by atoms with van der Waals surface area (Å²) in [6.07, 6.45) is 1.08. The van der Waals surface area contributed by atoms with Gasteiger partial charge in [-0.2, -0.15) is 0 Å². The average Bonchev–Trinajstić information content (AvgIpc) is 1.56. The Labute approximate surface area is 92.8 Å². The summed E-state index contributed by atoms with van der Waals surface area (Å²) in [4.78, 5) is 0. The van der Waals surface area contributed by atoms with Crippen molar-refractivity contribution >= 4 is 30.8 Å². The third-order valence-electron chi connectivity index (χ3n) is 1.32. The highest BCUT2D eigenvalue weighted by molar-refractivity contribution is 7.73. The molecular formula is C7H17Cl3NP. The van der Waals surface area contributed by atoms with Crippen LogP contribution in [-0.2, 0) is 0 Å². The van der Waals surface area contributed by atoms with Crippen molar-refractivity contribution in [2.45, 2.75) is 19.4 Å². The summed E-state index contributed by atoms with van der Waals surface area (Å²) in [5, 5.41) is 0. The molecule has 1 nitrogen and oxygen atoms in total. The van der Waals surface area contributed by atoms with Crippen LogP contribution in [0, 0.1) is 0 Å². The molecule has 76 valence electrons. The monoisotopic (exact) mass is 251 g/mol. The lowest BCUT2D eigenvalue weighted by Gasteiger charge is -2.29. The molecular weight excluding hydrogens is 235 g/mol. The molecule has 0 spiro atoms. The second-order valence-corrected chi connectivity index (χ2v) is 10.2. The van der Waals surface area contributed by atoms with Crippen molar-refractivity contribution in [2.75, 3.05) is 26.2 Å². The summed E-state index contributed by atoms with van der Waals surface area (Å²) in [7, 11) is -0.802. The predicted octanol–water partition coefficient (Wildman–Crippen LogP) is 0.286. The van der Waals surface area contributed by atoms with Gasteiger partial charge in [-0.25, -0.2) is 0 Å². The lowest BCUT2D eigenvalue weighted by atomic mass is 10.1. The number of hydrogen-bond acceptors (Lipinski definition) is 1. The molecule has 0 heterocycles. The molecule has 0 aromatic rings. The summed E-state index contributed by atoms with van der Waals surface area (Å²) < 4.78 is 1.26. The van der Waals surface area contributed by atoms with Gasteiger partial charge in [-0.15, -0.1) is 3.94 Å². The Morgan fingerprint density at radius 2 is 1.50 bits per heavy atom. The van der Waals surface area contributed by atoms with Gasteiger partial charge in [0.05, 0.1) is 11.7 Å². The van der Waals surface area contributed by atoms with E-state index in [4.69, 9.17) is 23.6 Å². The van der Waals surface area contributed by atoms with Gasteiger partial charge in [0.2, 0.25) is 0 Å². The molecule has 0 fully saturated rings. The molecule has 0 bridgehead atoms. The minimum Gasteiger partial charge on any atom is -1.00 e. The second kappa shape index (κ2) is 5.22. The summed E-state index contributed by atoms with van der Waals surface area (Å²) in [5.74, 6) is 0. The third-order valence-corrected chi connectivity index (χ3v) is 3.96. The molecule has 0 aromatic carbocycles. The van der Waals surface area contributed by atoms with Crippen LogP contribution in [0.1, 0.15) is 13.8 Å². The molecule has 0 aliphatic heterocycles. The molecule has 0 saturated heterocycles. The summed E-state index contributed by atoms with van der Waals surface area (Å²) in [6.45, 7) is 11.0. The van der Waals surface area contributed by atoms with Crippen LogP contribution in [0.4, 0.5) is 0 Å². The van der Waals surface area contributed by atoms with Crippen LogP contribution in [-0.4, -0.2) is 35.6 Å². The SMILES string of the molecule is CC(C)(C[P+](C)(C)C)N(Cl)Cl.[Cl-]. The Morgan fingerprint density at radius 1 is 1.17 bits per heavy atom. The number of halogens is 3. The number of rotatable bonds is 3. The molecule has 0 radical (unpaired) electrons. The first kappa shape index (κ1) is 15.7. The van der Waals surface area contributed by atoms with Crippen LogP contribution < -0.4 is 12.4 Å². The van der Waals surface area contributed by atoms with Crippen LogP contribution in [0.25, 0.3) is 0 Å². The summed E-state index contributed by atoms with van der Waals surface area (Å²) in [5.41, 5.74) is -0.102. The molecule has 0 saturated carbocycles. The molecule has 0 atom stereocenters. The Morgan fingerprint density at radius 3 is 1.58 bits per heavy atom. The van der Waals surface area contributed by atoms with E-state index in [2.05, 4.69) is 33.8 Å². The van der Waals surface area contributed by atoms with Gasteiger partial charge in [-0.1, -0.05) is 0 Å². The van der Waals surface area contributed by atoms with Crippen molar-refractivity contribution in [1.29, 1.82) is 0 Å². The van der Waals surface area contributed by atoms with Crippen molar-refractivity contribution in [3.8, 4) is 0 Å². The lowest BCUT2D eigenvalue weighted by Crippen LogP contribution is -3.00. The third kappa shape index (κ3) is 6.74. The second-order valence-electron chi connectivity index (χ2n) is 4.49. The smallest absolute Gasteiger partial charge is 0.0803 e. The van der Waals surface area contributed by atoms with E-state index in [1.165, 1.54) is 3.94 Å². The summed E-state index contributed by atoms with van der Waals surface area (Å²) >= 11 is 11.4. The van der Waals surface area contributed by atoms with E-state index in [9.17, 15) is 0 Å². The van der Waals surface area contributed by atoms with Crippen molar-refractivity contribution < 1.29 is 12.4 Å². The van der Waals surface area contributed by atoms with E-state index in [1.807, 2.05) is 0 Å². The van der Waals surface area contributed by atoms with Crippen LogP contribution in [0.5, 0.6) is 0 Å². The van der Waals surface area contributed by atoms with E-state index in [0.717, 1.165) is 6.16 Å². The summed E-state index contributed by atoms with van der Waals surface area (Å²) in [6, 6.07) is 0. The van der Waals surface area contributed by atoms with E-state index < -0.39 is 7.26 Å². The average molecular weight is 253 g/mol. The fourth-order valence-corrected chi connectivity index (χ4v) is 3.96. The van der Waals surface area contributed by atoms with Crippen LogP contribution >= 0.6 is 30.8 Å². The van der Waals surface area contributed by atoms with Gasteiger partial charge in [0.15, 0.2) is 0 Å². The molecule has 0 amide bonds. The highest BCUT2D eigenvalue weighted by atomic mass is 35.5. The molecule has 0 rings (SSSR count). The van der Waals surface area contributed by atoms with Gasteiger partial charge < -0.3 is 12.4 Å². The van der Waals surface area contributed by atoms with Gasteiger partial charge >= 0.3 is 0 Å². The van der Waals surface area contributed by atoms with Crippen molar-refractivity contribution in [3.05, 3.63) is 0 Å². The van der Waals surface area contributed by atoms with Gasteiger partial charge in [0, 0.05) is 27.3 Å². The molecule has 5 heteroatoms. The quantitative estimate of drug-likeness (QED) is 0.515. The fraction of sp³-hybridized carbons (Fsp3) is 1.00. The maximum absolute atomic E-state index is 5.69. The van der Waals surface area contributed by atoms with Crippen molar-refractivity contribution in [3.63, 3.8) is 0 Å². The molecule has 0 unspecified atom stereocenters. The van der Waals surface area contributed by atoms with Gasteiger partial charge in [-0.05, 0) is 37.4 Å². The zero-order chi connectivity index (χ0) is 9.28. The van der Waals surface area contributed by atoms with Gasteiger partial charge in [-0.3, -0.25) is 0 Å². The first-order valence-electron chi connectivity index (χ1n) is 3.57. The molecule has 0 aromatic heterocycles. The van der Waals surface area contributed by atoms with E-state index in [1.54, 1.807) is 0 Å². The highest BCUT2D eigenvalue weighted by Gasteiger charge is 2.34. The van der Waals surface area contributed by atoms with Crippen LogP contribution in [0.2, 0.25) is 0 Å². The lowest BCUT2D eigenvalue weighted by molar-refractivity contribution is -0.00000336. The van der Waals surface area contributed by atoms with E-state index >= 15 is 0 Å².